The van der Waals surface area contributed by atoms with Gasteiger partial charge in [0.25, 0.3) is 0 Å². The third kappa shape index (κ3) is 7.36. The van der Waals surface area contributed by atoms with Gasteiger partial charge >= 0.3 is 0 Å². The SMILES string of the molecule is CCCNC(=O)CCN=C(NCC)NC1CCCCC1. The summed E-state index contributed by atoms with van der Waals surface area (Å²) >= 11 is 0. The van der Waals surface area contributed by atoms with Gasteiger partial charge in [-0.2, -0.15) is 0 Å². The van der Waals surface area contributed by atoms with Crippen LogP contribution in [0.3, 0.4) is 0 Å². The number of hydrogen-bond acceptors (Lipinski definition) is 2. The van der Waals surface area contributed by atoms with Gasteiger partial charge < -0.3 is 16.0 Å². The van der Waals surface area contributed by atoms with E-state index in [0.717, 1.165) is 25.5 Å². The van der Waals surface area contributed by atoms with Gasteiger partial charge in [-0.3, -0.25) is 9.79 Å². The van der Waals surface area contributed by atoms with Gasteiger partial charge in [0.15, 0.2) is 5.96 Å². The van der Waals surface area contributed by atoms with Crippen LogP contribution < -0.4 is 16.0 Å². The summed E-state index contributed by atoms with van der Waals surface area (Å²) in [6.07, 6.45) is 7.83. The first-order valence-electron chi connectivity index (χ1n) is 8.07. The number of aliphatic imine (C=N–C) groups is 1. The Morgan fingerprint density at radius 3 is 2.55 bits per heavy atom. The smallest absolute Gasteiger partial charge is 0.221 e. The van der Waals surface area contributed by atoms with E-state index >= 15 is 0 Å². The Hall–Kier alpha value is -1.26. The Kier molecular flexibility index (Phi) is 8.83. The van der Waals surface area contributed by atoms with Crippen LogP contribution in [0.1, 0.15) is 58.8 Å². The molecule has 0 heterocycles. The average molecular weight is 282 g/mol. The minimum atomic E-state index is 0.0871. The molecule has 1 aliphatic carbocycles. The molecule has 0 unspecified atom stereocenters. The minimum absolute atomic E-state index is 0.0871. The molecular formula is C15H30N4O. The maximum atomic E-state index is 11.5. The number of guanidine groups is 1. The predicted octanol–water partition coefficient (Wildman–Crippen LogP) is 1.79. The Bertz CT molecular complexity index is 298. The van der Waals surface area contributed by atoms with Gasteiger partial charge in [0.05, 0.1) is 6.54 Å². The van der Waals surface area contributed by atoms with E-state index in [4.69, 9.17) is 0 Å². The lowest BCUT2D eigenvalue weighted by atomic mass is 9.96. The van der Waals surface area contributed by atoms with Crippen LogP contribution in [-0.4, -0.2) is 37.5 Å². The summed E-state index contributed by atoms with van der Waals surface area (Å²) in [7, 11) is 0. The molecule has 5 heteroatoms. The van der Waals surface area contributed by atoms with Crippen molar-refractivity contribution in [2.24, 2.45) is 4.99 Å². The van der Waals surface area contributed by atoms with Gasteiger partial charge in [0.2, 0.25) is 5.91 Å². The Labute approximate surface area is 123 Å². The summed E-state index contributed by atoms with van der Waals surface area (Å²) in [5.41, 5.74) is 0. The van der Waals surface area contributed by atoms with E-state index in [9.17, 15) is 4.79 Å². The van der Waals surface area contributed by atoms with Crippen LogP contribution in [0.5, 0.6) is 0 Å². The number of amides is 1. The fraction of sp³-hybridized carbons (Fsp3) is 0.867. The molecule has 116 valence electrons. The van der Waals surface area contributed by atoms with Gasteiger partial charge in [0, 0.05) is 25.6 Å². The number of hydrogen-bond donors (Lipinski definition) is 3. The summed E-state index contributed by atoms with van der Waals surface area (Å²) in [5.74, 6) is 0.937. The largest absolute Gasteiger partial charge is 0.357 e. The van der Waals surface area contributed by atoms with E-state index in [0.29, 0.717) is 19.0 Å². The molecule has 1 saturated carbocycles. The molecule has 0 bridgehead atoms. The van der Waals surface area contributed by atoms with Crippen molar-refractivity contribution in [3.05, 3.63) is 0 Å². The van der Waals surface area contributed by atoms with Crippen molar-refractivity contribution in [1.82, 2.24) is 16.0 Å². The zero-order chi connectivity index (χ0) is 14.6. The van der Waals surface area contributed by atoms with Crippen molar-refractivity contribution in [3.8, 4) is 0 Å². The molecule has 3 N–H and O–H groups in total. The zero-order valence-electron chi connectivity index (χ0n) is 13.0. The summed E-state index contributed by atoms with van der Waals surface area (Å²) in [6, 6.07) is 0.537. The van der Waals surface area contributed by atoms with Crippen molar-refractivity contribution >= 4 is 11.9 Å². The third-order valence-corrected chi connectivity index (χ3v) is 3.47. The normalized spacial score (nSPS) is 16.8. The van der Waals surface area contributed by atoms with E-state index < -0.39 is 0 Å². The highest BCUT2D eigenvalue weighted by Gasteiger charge is 2.14. The lowest BCUT2D eigenvalue weighted by Gasteiger charge is -2.24. The first-order valence-corrected chi connectivity index (χ1v) is 8.07. The topological polar surface area (TPSA) is 65.5 Å². The maximum Gasteiger partial charge on any atom is 0.221 e. The molecule has 0 aromatic carbocycles. The first-order chi connectivity index (χ1) is 9.76. The van der Waals surface area contributed by atoms with Gasteiger partial charge in [-0.15, -0.1) is 0 Å². The number of nitrogens with one attached hydrogen (secondary N) is 3. The fourth-order valence-electron chi connectivity index (χ4n) is 2.38. The van der Waals surface area contributed by atoms with E-state index in [1.807, 2.05) is 0 Å². The molecule has 5 nitrogen and oxygen atoms in total. The molecular weight excluding hydrogens is 252 g/mol. The molecule has 1 amide bonds. The fourth-order valence-corrected chi connectivity index (χ4v) is 2.38. The Morgan fingerprint density at radius 1 is 1.15 bits per heavy atom. The Balaban J connectivity index is 2.31. The van der Waals surface area contributed by atoms with E-state index in [-0.39, 0.29) is 5.91 Å². The van der Waals surface area contributed by atoms with Crippen molar-refractivity contribution in [2.45, 2.75) is 64.8 Å². The second-order valence-corrected chi connectivity index (χ2v) is 5.34. The predicted molar refractivity (Wildman–Crippen MR) is 83.9 cm³/mol. The van der Waals surface area contributed by atoms with Gasteiger partial charge in [-0.1, -0.05) is 26.2 Å². The van der Waals surface area contributed by atoms with Crippen LogP contribution >= 0.6 is 0 Å². The molecule has 0 saturated heterocycles. The highest BCUT2D eigenvalue weighted by Crippen LogP contribution is 2.17. The zero-order valence-corrected chi connectivity index (χ0v) is 13.0. The Morgan fingerprint density at radius 2 is 1.90 bits per heavy atom. The number of rotatable bonds is 7. The van der Waals surface area contributed by atoms with Crippen LogP contribution in [0.15, 0.2) is 4.99 Å². The second kappa shape index (κ2) is 10.5. The molecule has 1 aliphatic rings. The van der Waals surface area contributed by atoms with Crippen molar-refractivity contribution in [1.29, 1.82) is 0 Å². The van der Waals surface area contributed by atoms with Crippen LogP contribution in [0.2, 0.25) is 0 Å². The van der Waals surface area contributed by atoms with Gasteiger partial charge in [0.1, 0.15) is 0 Å². The highest BCUT2D eigenvalue weighted by molar-refractivity contribution is 5.81. The summed E-state index contributed by atoms with van der Waals surface area (Å²) in [4.78, 5) is 16.0. The standard InChI is InChI=1S/C15H30N4O/c1-3-11-17-14(20)10-12-18-15(16-4-2)19-13-8-6-5-7-9-13/h13H,3-12H2,1-2H3,(H,17,20)(H2,16,18,19). The molecule has 0 spiro atoms. The van der Waals surface area contributed by atoms with E-state index in [1.165, 1.54) is 32.1 Å². The van der Waals surface area contributed by atoms with Gasteiger partial charge in [-0.05, 0) is 26.2 Å². The third-order valence-electron chi connectivity index (χ3n) is 3.47. The van der Waals surface area contributed by atoms with Crippen LogP contribution in [-0.2, 0) is 4.79 Å². The number of carbonyl (C=O) groups is 1. The monoisotopic (exact) mass is 282 g/mol. The van der Waals surface area contributed by atoms with E-state index in [1.54, 1.807) is 0 Å². The van der Waals surface area contributed by atoms with Crippen molar-refractivity contribution < 1.29 is 4.79 Å². The summed E-state index contributed by atoms with van der Waals surface area (Å²) < 4.78 is 0. The maximum absolute atomic E-state index is 11.5. The van der Waals surface area contributed by atoms with Crippen LogP contribution in [0, 0.1) is 0 Å². The summed E-state index contributed by atoms with van der Waals surface area (Å²) in [6.45, 7) is 6.25. The number of nitrogens with zero attached hydrogens (tertiary/aromatic N) is 1. The second-order valence-electron chi connectivity index (χ2n) is 5.34. The molecule has 0 aromatic heterocycles. The van der Waals surface area contributed by atoms with E-state index in [2.05, 4.69) is 34.8 Å². The molecule has 0 radical (unpaired) electrons. The van der Waals surface area contributed by atoms with Crippen molar-refractivity contribution in [3.63, 3.8) is 0 Å². The van der Waals surface area contributed by atoms with Crippen LogP contribution in [0.4, 0.5) is 0 Å². The molecule has 20 heavy (non-hydrogen) atoms. The first kappa shape index (κ1) is 16.8. The average Bonchev–Trinajstić information content (AvgIpc) is 2.46. The quantitative estimate of drug-likeness (QED) is 0.493. The molecule has 1 fully saturated rings. The molecule has 0 aliphatic heterocycles. The molecule has 0 aromatic rings. The number of carbonyl (C=O) groups excluding carboxylic acids is 1. The minimum Gasteiger partial charge on any atom is -0.357 e. The van der Waals surface area contributed by atoms with Crippen molar-refractivity contribution in [2.75, 3.05) is 19.6 Å². The highest BCUT2D eigenvalue weighted by atomic mass is 16.1. The van der Waals surface area contributed by atoms with Gasteiger partial charge in [-0.25, -0.2) is 0 Å². The molecule has 1 rings (SSSR count). The van der Waals surface area contributed by atoms with Crippen LogP contribution in [0.25, 0.3) is 0 Å². The lowest BCUT2D eigenvalue weighted by Crippen LogP contribution is -2.44. The molecule has 0 atom stereocenters. The summed E-state index contributed by atoms with van der Waals surface area (Å²) in [5, 5.41) is 9.61. The lowest BCUT2D eigenvalue weighted by molar-refractivity contribution is -0.120.